The SMILES string of the molecule is c1ccc(N(c2ccccc2)c2cccc(-c3c4ccccc4c(-c4cccc(N(c5ccccc5)c5ccc(-c6ccc(N(c7ccccc7)c7c8ccccc8c(N(c8ccccc8)c8ccccc8)c8ccccc78)cc6)cc5)c4)c4ccccc34)c2)cc1. The molecule has 92 heavy (non-hydrogen) atoms. The molecule has 16 rings (SSSR count). The molecule has 0 spiro atoms. The maximum absolute atomic E-state index is 2.44. The van der Waals surface area contributed by atoms with Crippen LogP contribution in [0.1, 0.15) is 0 Å². The first-order valence-electron chi connectivity index (χ1n) is 31.5. The van der Waals surface area contributed by atoms with E-state index in [1.54, 1.807) is 0 Å². The Labute approximate surface area is 537 Å². The van der Waals surface area contributed by atoms with Crippen LogP contribution in [0.3, 0.4) is 0 Å². The van der Waals surface area contributed by atoms with E-state index in [1.807, 2.05) is 0 Å². The first-order valence-corrected chi connectivity index (χ1v) is 31.5. The largest absolute Gasteiger partial charge is 0.310 e. The van der Waals surface area contributed by atoms with Gasteiger partial charge in [-0.15, -0.1) is 0 Å². The number of para-hydroxylation sites is 6. The van der Waals surface area contributed by atoms with E-state index in [-0.39, 0.29) is 0 Å². The molecular formula is C88H62N4. The molecule has 0 atom stereocenters. The summed E-state index contributed by atoms with van der Waals surface area (Å²) in [6, 6.07) is 136. The van der Waals surface area contributed by atoms with Crippen molar-refractivity contribution in [3.63, 3.8) is 0 Å². The van der Waals surface area contributed by atoms with Crippen molar-refractivity contribution < 1.29 is 0 Å². The third-order valence-corrected chi connectivity index (χ3v) is 17.7. The van der Waals surface area contributed by atoms with Gasteiger partial charge in [0.25, 0.3) is 0 Å². The van der Waals surface area contributed by atoms with Gasteiger partial charge in [-0.3, -0.25) is 0 Å². The molecule has 16 aromatic carbocycles. The molecule has 0 amide bonds. The third-order valence-electron chi connectivity index (χ3n) is 17.7. The van der Waals surface area contributed by atoms with Crippen LogP contribution in [-0.2, 0) is 0 Å². The number of nitrogens with zero attached hydrogens (tertiary/aromatic N) is 4. The lowest BCUT2D eigenvalue weighted by molar-refractivity contribution is 1.28. The predicted molar refractivity (Wildman–Crippen MR) is 392 cm³/mol. The predicted octanol–water partition coefficient (Wildman–Crippen LogP) is 25.2. The lowest BCUT2D eigenvalue weighted by atomic mass is 9.85. The Morgan fingerprint density at radius 2 is 0.337 bits per heavy atom. The van der Waals surface area contributed by atoms with Crippen LogP contribution in [0.25, 0.3) is 76.5 Å². The minimum absolute atomic E-state index is 1.06. The second kappa shape index (κ2) is 24.4. The van der Waals surface area contributed by atoms with E-state index in [1.165, 1.54) is 32.7 Å². The molecule has 0 fully saturated rings. The summed E-state index contributed by atoms with van der Waals surface area (Å²) in [5.41, 5.74) is 20.1. The van der Waals surface area contributed by atoms with Crippen LogP contribution >= 0.6 is 0 Å². The van der Waals surface area contributed by atoms with Gasteiger partial charge in [-0.25, -0.2) is 0 Å². The zero-order valence-electron chi connectivity index (χ0n) is 50.6. The Morgan fingerprint density at radius 1 is 0.130 bits per heavy atom. The molecule has 4 nitrogen and oxygen atoms in total. The topological polar surface area (TPSA) is 13.0 Å². The van der Waals surface area contributed by atoms with E-state index >= 15 is 0 Å². The molecule has 0 saturated heterocycles. The monoisotopic (exact) mass is 1170 g/mol. The van der Waals surface area contributed by atoms with E-state index in [4.69, 9.17) is 0 Å². The molecule has 0 aliphatic heterocycles. The van der Waals surface area contributed by atoms with E-state index in [9.17, 15) is 0 Å². The second-order valence-electron chi connectivity index (χ2n) is 23.2. The van der Waals surface area contributed by atoms with Crippen molar-refractivity contribution >= 4 is 111 Å². The number of benzene rings is 16. The van der Waals surface area contributed by atoms with Crippen LogP contribution in [0.4, 0.5) is 68.2 Å². The molecule has 0 N–H and O–H groups in total. The Hall–Kier alpha value is -12.2. The smallest absolute Gasteiger partial charge is 0.0619 e. The highest BCUT2D eigenvalue weighted by molar-refractivity contribution is 6.24. The van der Waals surface area contributed by atoms with Crippen LogP contribution in [0.15, 0.2) is 376 Å². The molecule has 4 heteroatoms. The fraction of sp³-hybridized carbons (Fsp3) is 0. The molecule has 0 unspecified atom stereocenters. The minimum atomic E-state index is 1.06. The molecule has 0 aliphatic carbocycles. The molecule has 0 saturated carbocycles. The fourth-order valence-corrected chi connectivity index (χ4v) is 13.7. The quantitative estimate of drug-likeness (QED) is 0.0749. The zero-order chi connectivity index (χ0) is 61.2. The summed E-state index contributed by atoms with van der Waals surface area (Å²) in [5.74, 6) is 0. The van der Waals surface area contributed by atoms with Crippen molar-refractivity contribution in [2.45, 2.75) is 0 Å². The number of anilines is 12. The van der Waals surface area contributed by atoms with Gasteiger partial charge in [0.2, 0.25) is 0 Å². The molecule has 16 aromatic rings. The maximum Gasteiger partial charge on any atom is 0.0619 e. The summed E-state index contributed by atoms with van der Waals surface area (Å²) >= 11 is 0. The summed E-state index contributed by atoms with van der Waals surface area (Å²) in [6.07, 6.45) is 0. The summed E-state index contributed by atoms with van der Waals surface area (Å²) in [5, 5.41) is 9.45. The molecule has 434 valence electrons. The molecule has 0 radical (unpaired) electrons. The van der Waals surface area contributed by atoms with E-state index in [0.717, 1.165) is 112 Å². The van der Waals surface area contributed by atoms with Crippen molar-refractivity contribution in [1.29, 1.82) is 0 Å². The standard InChI is InChI=1S/C88H62N4/c1-7-31-67(32-8-1)89(68-33-9-2-10-34-68)75-43-27-29-65(61-75)85-77-45-19-21-47-79(77)86(80-48-22-20-46-78(80)85)66-30-28-44-76(62-66)90(69-35-11-3-12-36-69)73-57-53-63(54-58-73)64-55-59-74(60-56-64)92(72-41-17-6-18-42-72)88-83-51-25-23-49-81(83)87(82-50-24-26-52-84(82)88)91(70-37-13-4-14-38-70)71-39-15-5-16-40-71/h1-62H. The van der Waals surface area contributed by atoms with Crippen LogP contribution in [0.5, 0.6) is 0 Å². The maximum atomic E-state index is 2.44. The first-order chi connectivity index (χ1) is 45.7. The summed E-state index contributed by atoms with van der Waals surface area (Å²) in [7, 11) is 0. The van der Waals surface area contributed by atoms with Gasteiger partial charge >= 0.3 is 0 Å². The van der Waals surface area contributed by atoms with Crippen LogP contribution in [0, 0.1) is 0 Å². The molecule has 0 bridgehead atoms. The Morgan fingerprint density at radius 3 is 0.609 bits per heavy atom. The number of rotatable bonds is 15. The van der Waals surface area contributed by atoms with Crippen molar-refractivity contribution in [3.8, 4) is 33.4 Å². The van der Waals surface area contributed by atoms with Crippen LogP contribution in [-0.4, -0.2) is 0 Å². The highest BCUT2D eigenvalue weighted by atomic mass is 15.2. The van der Waals surface area contributed by atoms with Gasteiger partial charge in [-0.2, -0.15) is 0 Å². The number of hydrogen-bond acceptors (Lipinski definition) is 4. The lowest BCUT2D eigenvalue weighted by Gasteiger charge is -2.32. The van der Waals surface area contributed by atoms with E-state index < -0.39 is 0 Å². The van der Waals surface area contributed by atoms with Gasteiger partial charge < -0.3 is 19.6 Å². The number of fused-ring (bicyclic) bond motifs is 4. The van der Waals surface area contributed by atoms with Crippen molar-refractivity contribution in [1.82, 2.24) is 0 Å². The lowest BCUT2D eigenvalue weighted by Crippen LogP contribution is -2.14. The average Bonchev–Trinajstić information content (AvgIpc) is 0.779. The fourth-order valence-electron chi connectivity index (χ4n) is 13.7. The Bertz CT molecular complexity index is 5060. The minimum Gasteiger partial charge on any atom is -0.310 e. The van der Waals surface area contributed by atoms with Gasteiger partial charge in [0.1, 0.15) is 0 Å². The van der Waals surface area contributed by atoms with Crippen molar-refractivity contribution in [2.24, 2.45) is 0 Å². The van der Waals surface area contributed by atoms with E-state index in [0.29, 0.717) is 0 Å². The average molecular weight is 1180 g/mol. The highest BCUT2D eigenvalue weighted by Gasteiger charge is 2.26. The van der Waals surface area contributed by atoms with Crippen LogP contribution in [0.2, 0.25) is 0 Å². The van der Waals surface area contributed by atoms with Gasteiger partial charge in [0.05, 0.1) is 11.4 Å². The van der Waals surface area contributed by atoms with Gasteiger partial charge in [0.15, 0.2) is 0 Å². The van der Waals surface area contributed by atoms with Gasteiger partial charge in [-0.05, 0) is 176 Å². The van der Waals surface area contributed by atoms with Crippen molar-refractivity contribution in [3.05, 3.63) is 376 Å². The Kier molecular flexibility index (Phi) is 14.6. The zero-order valence-corrected chi connectivity index (χ0v) is 50.6. The second-order valence-corrected chi connectivity index (χ2v) is 23.2. The summed E-state index contributed by atoms with van der Waals surface area (Å²) in [6.45, 7) is 0. The van der Waals surface area contributed by atoms with E-state index in [2.05, 4.69) is 396 Å². The van der Waals surface area contributed by atoms with Crippen LogP contribution < -0.4 is 19.6 Å². The van der Waals surface area contributed by atoms with Crippen molar-refractivity contribution in [2.75, 3.05) is 19.6 Å². The Balaban J connectivity index is 0.765. The van der Waals surface area contributed by atoms with Gasteiger partial charge in [0, 0.05) is 78.4 Å². The molecule has 0 aliphatic rings. The highest BCUT2D eigenvalue weighted by Crippen LogP contribution is 2.52. The summed E-state index contributed by atoms with van der Waals surface area (Å²) < 4.78 is 0. The molecule has 0 heterocycles. The summed E-state index contributed by atoms with van der Waals surface area (Å²) in [4.78, 5) is 9.57. The molecule has 0 aromatic heterocycles. The van der Waals surface area contributed by atoms with Gasteiger partial charge in [-0.1, -0.05) is 255 Å². The number of hydrogen-bond donors (Lipinski definition) is 0. The molecular weight excluding hydrogens is 1110 g/mol. The third kappa shape index (κ3) is 10.2. The first kappa shape index (κ1) is 55.1. The normalized spacial score (nSPS) is 11.3.